The van der Waals surface area contributed by atoms with E-state index in [-0.39, 0.29) is 24.8 Å². The number of benzene rings is 1. The van der Waals surface area contributed by atoms with E-state index in [4.69, 9.17) is 4.74 Å². The summed E-state index contributed by atoms with van der Waals surface area (Å²) >= 11 is 0. The quantitative estimate of drug-likeness (QED) is 0.745. The van der Waals surface area contributed by atoms with Crippen molar-refractivity contribution in [3.05, 3.63) is 29.8 Å². The van der Waals surface area contributed by atoms with Crippen molar-refractivity contribution in [2.75, 3.05) is 19.7 Å². The molecule has 0 aliphatic rings. The molecule has 104 valence electrons. The predicted octanol–water partition coefficient (Wildman–Crippen LogP) is 0.596. The van der Waals surface area contributed by atoms with Crippen LogP contribution >= 0.6 is 0 Å². The topological polar surface area (TPSA) is 67.4 Å². The summed E-state index contributed by atoms with van der Waals surface area (Å²) in [6.07, 6.45) is 0. The van der Waals surface area contributed by atoms with Crippen LogP contribution in [0.5, 0.6) is 5.75 Å². The molecule has 0 unspecified atom stereocenters. The molecule has 1 rings (SSSR count). The summed E-state index contributed by atoms with van der Waals surface area (Å²) in [6.45, 7) is 1.56. The van der Waals surface area contributed by atoms with Crippen molar-refractivity contribution >= 4 is 11.8 Å². The summed E-state index contributed by atoms with van der Waals surface area (Å²) in [5.41, 5.74) is 0. The highest BCUT2D eigenvalue weighted by molar-refractivity contribution is 5.77. The number of nitrogens with one attached hydrogen (secondary N) is 2. The van der Waals surface area contributed by atoms with Crippen molar-refractivity contribution in [3.63, 3.8) is 0 Å². The average Bonchev–Trinajstić information content (AvgIpc) is 2.31. The van der Waals surface area contributed by atoms with Crippen molar-refractivity contribution in [2.24, 2.45) is 0 Å². The van der Waals surface area contributed by atoms with Crippen molar-refractivity contribution in [3.8, 4) is 5.75 Å². The van der Waals surface area contributed by atoms with E-state index in [2.05, 4.69) is 10.6 Å². The number of halogens is 2. The van der Waals surface area contributed by atoms with E-state index in [1.54, 1.807) is 0 Å². The highest BCUT2D eigenvalue weighted by Gasteiger charge is 2.05. The van der Waals surface area contributed by atoms with Crippen LogP contribution < -0.4 is 15.4 Å². The van der Waals surface area contributed by atoms with Crippen molar-refractivity contribution in [1.29, 1.82) is 0 Å². The number of amides is 2. The Balaban J connectivity index is 2.28. The molecule has 0 aliphatic heterocycles. The molecule has 19 heavy (non-hydrogen) atoms. The Bertz CT molecular complexity index is 446. The van der Waals surface area contributed by atoms with Crippen LogP contribution in [0.25, 0.3) is 0 Å². The lowest BCUT2D eigenvalue weighted by atomic mass is 10.3. The van der Waals surface area contributed by atoms with Gasteiger partial charge in [-0.15, -0.1) is 0 Å². The highest BCUT2D eigenvalue weighted by atomic mass is 19.1. The summed E-state index contributed by atoms with van der Waals surface area (Å²) < 4.78 is 30.6. The second-order valence-corrected chi connectivity index (χ2v) is 3.73. The lowest BCUT2D eigenvalue weighted by Crippen LogP contribution is -2.36. The van der Waals surface area contributed by atoms with E-state index >= 15 is 0 Å². The molecule has 0 spiro atoms. The summed E-state index contributed by atoms with van der Waals surface area (Å²) in [7, 11) is 0. The largest absolute Gasteiger partial charge is 0.484 e. The molecule has 0 radical (unpaired) electrons. The third-order valence-electron chi connectivity index (χ3n) is 2.03. The van der Waals surface area contributed by atoms with Gasteiger partial charge in [-0.1, -0.05) is 0 Å². The second kappa shape index (κ2) is 7.30. The van der Waals surface area contributed by atoms with E-state index in [0.29, 0.717) is 12.6 Å². The number of carbonyl (C=O) groups excluding carboxylic acids is 2. The molecule has 0 heterocycles. The maximum atomic E-state index is 12.8. The van der Waals surface area contributed by atoms with E-state index < -0.39 is 17.5 Å². The number of hydrogen-bond acceptors (Lipinski definition) is 3. The zero-order chi connectivity index (χ0) is 14.3. The molecule has 0 atom stereocenters. The third kappa shape index (κ3) is 6.35. The van der Waals surface area contributed by atoms with E-state index in [0.717, 1.165) is 12.1 Å². The number of carbonyl (C=O) groups is 2. The van der Waals surface area contributed by atoms with E-state index in [1.807, 2.05) is 0 Å². The van der Waals surface area contributed by atoms with Gasteiger partial charge < -0.3 is 15.4 Å². The van der Waals surface area contributed by atoms with Crippen LogP contribution in [0, 0.1) is 11.6 Å². The fraction of sp³-hybridized carbons (Fsp3) is 0.333. The minimum Gasteiger partial charge on any atom is -0.484 e. The van der Waals surface area contributed by atoms with Crippen molar-refractivity contribution in [2.45, 2.75) is 6.92 Å². The Kier molecular flexibility index (Phi) is 5.72. The van der Waals surface area contributed by atoms with Crippen LogP contribution in [-0.2, 0) is 9.59 Å². The molecule has 2 N–H and O–H groups in total. The Labute approximate surface area is 108 Å². The highest BCUT2D eigenvalue weighted by Crippen LogP contribution is 2.14. The predicted molar refractivity (Wildman–Crippen MR) is 63.5 cm³/mol. The number of hydrogen-bond donors (Lipinski definition) is 2. The molecule has 1 aromatic carbocycles. The monoisotopic (exact) mass is 272 g/mol. The van der Waals surface area contributed by atoms with Gasteiger partial charge in [-0.3, -0.25) is 9.59 Å². The van der Waals surface area contributed by atoms with E-state index in [9.17, 15) is 18.4 Å². The van der Waals surface area contributed by atoms with Crippen LogP contribution in [0.4, 0.5) is 8.78 Å². The Morgan fingerprint density at radius 2 is 1.68 bits per heavy atom. The fourth-order valence-electron chi connectivity index (χ4n) is 1.25. The molecule has 0 aromatic heterocycles. The van der Waals surface area contributed by atoms with Crippen LogP contribution in [0.15, 0.2) is 18.2 Å². The molecule has 0 saturated heterocycles. The molecule has 1 aromatic rings. The van der Waals surface area contributed by atoms with Crippen molar-refractivity contribution in [1.82, 2.24) is 10.6 Å². The summed E-state index contributed by atoms with van der Waals surface area (Å²) in [4.78, 5) is 21.8. The lowest BCUT2D eigenvalue weighted by molar-refractivity contribution is -0.123. The molecule has 0 fully saturated rings. The van der Waals surface area contributed by atoms with Gasteiger partial charge in [0.05, 0.1) is 0 Å². The molecular formula is C12H14F2N2O3. The smallest absolute Gasteiger partial charge is 0.258 e. The average molecular weight is 272 g/mol. The first-order valence-electron chi connectivity index (χ1n) is 5.57. The normalized spacial score (nSPS) is 9.84. The first kappa shape index (κ1) is 14.9. The molecule has 5 nitrogen and oxygen atoms in total. The van der Waals surface area contributed by atoms with Gasteiger partial charge in [-0.05, 0) is 0 Å². The van der Waals surface area contributed by atoms with Gasteiger partial charge >= 0.3 is 0 Å². The fourth-order valence-corrected chi connectivity index (χ4v) is 1.25. The van der Waals surface area contributed by atoms with Gasteiger partial charge in [0.2, 0.25) is 5.91 Å². The van der Waals surface area contributed by atoms with Gasteiger partial charge in [-0.25, -0.2) is 8.78 Å². The summed E-state index contributed by atoms with van der Waals surface area (Å²) in [5.74, 6) is -2.26. The number of ether oxygens (including phenoxy) is 1. The van der Waals surface area contributed by atoms with Crippen LogP contribution in [-0.4, -0.2) is 31.5 Å². The first-order chi connectivity index (χ1) is 8.97. The van der Waals surface area contributed by atoms with Crippen molar-refractivity contribution < 1.29 is 23.1 Å². The maximum absolute atomic E-state index is 12.8. The Morgan fingerprint density at radius 1 is 1.11 bits per heavy atom. The molecule has 0 bridgehead atoms. The van der Waals surface area contributed by atoms with Gasteiger partial charge in [-0.2, -0.15) is 0 Å². The second-order valence-electron chi connectivity index (χ2n) is 3.73. The molecule has 2 amide bonds. The third-order valence-corrected chi connectivity index (χ3v) is 2.03. The minimum atomic E-state index is -0.777. The zero-order valence-electron chi connectivity index (χ0n) is 10.3. The van der Waals surface area contributed by atoms with Crippen LogP contribution in [0.1, 0.15) is 6.92 Å². The first-order valence-corrected chi connectivity index (χ1v) is 5.57. The van der Waals surface area contributed by atoms with Gasteiger partial charge in [0.1, 0.15) is 17.4 Å². The van der Waals surface area contributed by atoms with Gasteiger partial charge in [0, 0.05) is 38.2 Å². The molecular weight excluding hydrogens is 258 g/mol. The summed E-state index contributed by atoms with van der Waals surface area (Å²) in [6, 6.07) is 2.67. The van der Waals surface area contributed by atoms with E-state index in [1.165, 1.54) is 6.92 Å². The maximum Gasteiger partial charge on any atom is 0.258 e. The standard InChI is InChI=1S/C12H14F2N2O3/c1-8(17)15-2-3-16-12(18)7-19-11-5-9(13)4-10(14)6-11/h4-6H,2-3,7H2,1H3,(H,15,17)(H,16,18). The zero-order valence-corrected chi connectivity index (χ0v) is 10.3. The SMILES string of the molecule is CC(=O)NCCNC(=O)COc1cc(F)cc(F)c1. The van der Waals surface area contributed by atoms with Crippen LogP contribution in [0.2, 0.25) is 0 Å². The molecule has 7 heteroatoms. The Morgan fingerprint density at radius 3 is 2.26 bits per heavy atom. The van der Waals surface area contributed by atoms with Gasteiger partial charge in [0.25, 0.3) is 5.91 Å². The van der Waals surface area contributed by atoms with Crippen LogP contribution in [0.3, 0.4) is 0 Å². The molecule has 0 aliphatic carbocycles. The van der Waals surface area contributed by atoms with Gasteiger partial charge in [0.15, 0.2) is 6.61 Å². The Hall–Kier alpha value is -2.18. The minimum absolute atomic E-state index is 0.0606. The number of rotatable bonds is 6. The molecule has 0 saturated carbocycles. The summed E-state index contributed by atoms with van der Waals surface area (Å²) in [5, 5.41) is 4.97. The lowest BCUT2D eigenvalue weighted by Gasteiger charge is -2.08.